The summed E-state index contributed by atoms with van der Waals surface area (Å²) in [6, 6.07) is 3.00. The number of aryl methyl sites for hydroxylation is 1. The van der Waals surface area contributed by atoms with Gasteiger partial charge in [-0.25, -0.2) is 0 Å². The molecule has 13 heavy (non-hydrogen) atoms. The summed E-state index contributed by atoms with van der Waals surface area (Å²) in [5.74, 6) is 0. The van der Waals surface area contributed by atoms with Crippen LogP contribution in [0.5, 0.6) is 0 Å². The molecule has 0 amide bonds. The van der Waals surface area contributed by atoms with E-state index >= 15 is 0 Å². The Bertz CT molecular complexity index is 351. The van der Waals surface area contributed by atoms with E-state index in [0.717, 1.165) is 0 Å². The number of aliphatic hydroxyl groups is 1. The van der Waals surface area contributed by atoms with Gasteiger partial charge in [0.15, 0.2) is 0 Å². The van der Waals surface area contributed by atoms with Gasteiger partial charge in [-0.2, -0.15) is 0 Å². The van der Waals surface area contributed by atoms with Crippen LogP contribution in [0.15, 0.2) is 16.6 Å². The zero-order chi connectivity index (χ0) is 10.0. The summed E-state index contributed by atoms with van der Waals surface area (Å²) in [6.45, 7) is 1.52. The summed E-state index contributed by atoms with van der Waals surface area (Å²) < 4.78 is 0.562. The van der Waals surface area contributed by atoms with Crippen molar-refractivity contribution in [2.75, 3.05) is 0 Å². The predicted molar refractivity (Wildman–Crippen MR) is 51.5 cm³/mol. The molecular weight excluding hydrogens is 238 g/mol. The van der Waals surface area contributed by atoms with Gasteiger partial charge in [0.2, 0.25) is 0 Å². The molecule has 0 atom stereocenters. The van der Waals surface area contributed by atoms with Crippen molar-refractivity contribution in [3.05, 3.63) is 37.8 Å². The Kier molecular flexibility index (Phi) is 3.00. The molecule has 70 valence electrons. The summed E-state index contributed by atoms with van der Waals surface area (Å²) >= 11 is 3.15. The van der Waals surface area contributed by atoms with Crippen molar-refractivity contribution in [3.63, 3.8) is 0 Å². The maximum Gasteiger partial charge on any atom is 0.273 e. The highest BCUT2D eigenvalue weighted by molar-refractivity contribution is 9.10. The van der Waals surface area contributed by atoms with Crippen LogP contribution in [0.25, 0.3) is 0 Å². The highest BCUT2D eigenvalue weighted by Crippen LogP contribution is 2.26. The van der Waals surface area contributed by atoms with Crippen LogP contribution >= 0.6 is 15.9 Å². The van der Waals surface area contributed by atoms with Crippen LogP contribution in [0.3, 0.4) is 0 Å². The van der Waals surface area contributed by atoms with Gasteiger partial charge in [0.1, 0.15) is 0 Å². The molecule has 1 aromatic carbocycles. The van der Waals surface area contributed by atoms with Gasteiger partial charge in [0, 0.05) is 16.1 Å². The van der Waals surface area contributed by atoms with E-state index in [2.05, 4.69) is 15.9 Å². The van der Waals surface area contributed by atoms with Crippen LogP contribution in [0.1, 0.15) is 11.1 Å². The molecule has 0 radical (unpaired) electrons. The third-order valence-electron chi connectivity index (χ3n) is 1.73. The van der Waals surface area contributed by atoms with Crippen LogP contribution in [0.4, 0.5) is 5.69 Å². The lowest BCUT2D eigenvalue weighted by atomic mass is 10.1. The number of benzene rings is 1. The van der Waals surface area contributed by atoms with Gasteiger partial charge in [-0.3, -0.25) is 10.1 Å². The second kappa shape index (κ2) is 3.85. The predicted octanol–water partition coefficient (Wildman–Crippen LogP) is 2.16. The fourth-order valence-electron chi connectivity index (χ4n) is 1.05. The van der Waals surface area contributed by atoms with E-state index in [1.807, 2.05) is 0 Å². The van der Waals surface area contributed by atoms with E-state index < -0.39 is 4.92 Å². The van der Waals surface area contributed by atoms with Gasteiger partial charge >= 0.3 is 0 Å². The molecule has 4 nitrogen and oxygen atoms in total. The monoisotopic (exact) mass is 245 g/mol. The third-order valence-corrected chi connectivity index (χ3v) is 2.47. The number of aliphatic hydroxyl groups excluding tert-OH is 1. The maximum absolute atomic E-state index is 10.5. The molecular formula is C8H8BrNO3. The minimum Gasteiger partial charge on any atom is -0.392 e. The fourth-order valence-corrected chi connectivity index (χ4v) is 1.51. The van der Waals surface area contributed by atoms with E-state index in [-0.39, 0.29) is 12.3 Å². The van der Waals surface area contributed by atoms with E-state index in [4.69, 9.17) is 5.11 Å². The van der Waals surface area contributed by atoms with Gasteiger partial charge in [0.05, 0.1) is 11.5 Å². The lowest BCUT2D eigenvalue weighted by Gasteiger charge is -2.02. The fraction of sp³-hybridized carbons (Fsp3) is 0.250. The third kappa shape index (κ3) is 2.05. The molecule has 1 N–H and O–H groups in total. The van der Waals surface area contributed by atoms with Crippen LogP contribution in [0, 0.1) is 17.0 Å². The quantitative estimate of drug-likeness (QED) is 0.642. The van der Waals surface area contributed by atoms with Crippen molar-refractivity contribution in [2.45, 2.75) is 13.5 Å². The highest BCUT2D eigenvalue weighted by Gasteiger charge is 2.13. The van der Waals surface area contributed by atoms with Crippen LogP contribution < -0.4 is 0 Å². The first-order valence-electron chi connectivity index (χ1n) is 3.60. The van der Waals surface area contributed by atoms with E-state index in [9.17, 15) is 10.1 Å². The summed E-state index contributed by atoms with van der Waals surface area (Å²) in [5, 5.41) is 19.4. The molecule has 0 heterocycles. The number of hydrogen-bond donors (Lipinski definition) is 1. The minimum absolute atomic E-state index is 0.0593. The molecule has 0 unspecified atom stereocenters. The largest absolute Gasteiger partial charge is 0.392 e. The van der Waals surface area contributed by atoms with E-state index in [1.165, 1.54) is 6.07 Å². The van der Waals surface area contributed by atoms with E-state index in [0.29, 0.717) is 15.6 Å². The highest BCUT2D eigenvalue weighted by atomic mass is 79.9. The Morgan fingerprint density at radius 3 is 2.69 bits per heavy atom. The number of halogens is 1. The molecule has 1 aromatic rings. The number of rotatable bonds is 2. The lowest BCUT2D eigenvalue weighted by molar-refractivity contribution is -0.385. The molecule has 0 bridgehead atoms. The smallest absolute Gasteiger partial charge is 0.273 e. The Morgan fingerprint density at radius 2 is 2.23 bits per heavy atom. The van der Waals surface area contributed by atoms with Crippen molar-refractivity contribution >= 4 is 21.6 Å². The van der Waals surface area contributed by atoms with Crippen molar-refractivity contribution in [2.24, 2.45) is 0 Å². The Hall–Kier alpha value is -0.940. The summed E-state index contributed by atoms with van der Waals surface area (Å²) in [4.78, 5) is 10.1. The van der Waals surface area contributed by atoms with Crippen LogP contribution in [-0.2, 0) is 6.61 Å². The molecule has 0 saturated carbocycles. The zero-order valence-electron chi connectivity index (χ0n) is 6.95. The average molecular weight is 246 g/mol. The standard InChI is InChI=1S/C8H8BrNO3/c1-5-2-6(4-11)7(9)3-8(5)10(12)13/h2-3,11H,4H2,1H3. The summed E-state index contributed by atoms with van der Waals surface area (Å²) in [7, 11) is 0. The van der Waals surface area contributed by atoms with Crippen LogP contribution in [0.2, 0.25) is 0 Å². The van der Waals surface area contributed by atoms with Gasteiger partial charge in [-0.1, -0.05) is 15.9 Å². The molecule has 1 rings (SSSR count). The minimum atomic E-state index is -0.443. The SMILES string of the molecule is Cc1cc(CO)c(Br)cc1[N+](=O)[O-]. The molecule has 0 saturated heterocycles. The number of nitro groups is 1. The number of nitro benzene ring substituents is 1. The Labute approximate surface area is 83.5 Å². The molecule has 0 aromatic heterocycles. The van der Waals surface area contributed by atoms with Crippen molar-refractivity contribution in [1.82, 2.24) is 0 Å². The average Bonchev–Trinajstić information content (AvgIpc) is 2.07. The van der Waals surface area contributed by atoms with Crippen molar-refractivity contribution in [1.29, 1.82) is 0 Å². The summed E-state index contributed by atoms with van der Waals surface area (Å²) in [5.41, 5.74) is 1.27. The topological polar surface area (TPSA) is 63.4 Å². The van der Waals surface area contributed by atoms with Crippen LogP contribution in [-0.4, -0.2) is 10.0 Å². The van der Waals surface area contributed by atoms with Gasteiger partial charge in [0.25, 0.3) is 5.69 Å². The summed E-state index contributed by atoms with van der Waals surface area (Å²) in [6.07, 6.45) is 0. The molecule has 0 fully saturated rings. The first-order valence-corrected chi connectivity index (χ1v) is 4.40. The zero-order valence-corrected chi connectivity index (χ0v) is 8.54. The van der Waals surface area contributed by atoms with Gasteiger partial charge < -0.3 is 5.11 Å². The normalized spacial score (nSPS) is 10.1. The first-order chi connectivity index (χ1) is 6.06. The van der Waals surface area contributed by atoms with Crippen molar-refractivity contribution < 1.29 is 10.0 Å². The Balaban J connectivity index is 3.28. The van der Waals surface area contributed by atoms with Gasteiger partial charge in [-0.05, 0) is 18.6 Å². The molecule has 0 aliphatic rings. The molecule has 0 spiro atoms. The van der Waals surface area contributed by atoms with Gasteiger partial charge in [-0.15, -0.1) is 0 Å². The van der Waals surface area contributed by atoms with Crippen molar-refractivity contribution in [3.8, 4) is 0 Å². The lowest BCUT2D eigenvalue weighted by Crippen LogP contribution is -1.94. The second-order valence-electron chi connectivity index (χ2n) is 2.65. The molecule has 0 aliphatic heterocycles. The Morgan fingerprint density at radius 1 is 1.62 bits per heavy atom. The maximum atomic E-state index is 10.5. The van der Waals surface area contributed by atoms with E-state index in [1.54, 1.807) is 13.0 Å². The number of nitrogens with zero attached hydrogens (tertiary/aromatic N) is 1. The number of hydrogen-bond acceptors (Lipinski definition) is 3. The first kappa shape index (κ1) is 10.1. The molecule has 0 aliphatic carbocycles. The second-order valence-corrected chi connectivity index (χ2v) is 3.50. The molecule has 5 heteroatoms.